The number of aliphatic hydroxyl groups excluding tert-OH is 1. The number of carbonyl (C=O) groups excluding carboxylic acids is 1. The van der Waals surface area contributed by atoms with Crippen molar-refractivity contribution in [1.29, 1.82) is 0 Å². The first-order valence-electron chi connectivity index (χ1n) is 3.92. The molecule has 0 unspecified atom stereocenters. The van der Waals surface area contributed by atoms with Gasteiger partial charge in [-0.1, -0.05) is 6.92 Å². The number of amides is 1. The van der Waals surface area contributed by atoms with Gasteiger partial charge in [-0.05, 0) is 26.3 Å². The molecule has 0 aromatic carbocycles. The minimum absolute atomic E-state index is 0.226. The minimum Gasteiger partial charge on any atom is -0.508 e. The molecular formula is C9H15NO2. The fourth-order valence-corrected chi connectivity index (χ4v) is 0.988. The Kier molecular flexibility index (Phi) is 4.84. The van der Waals surface area contributed by atoms with E-state index in [1.165, 1.54) is 0 Å². The van der Waals surface area contributed by atoms with E-state index in [1.807, 2.05) is 6.92 Å². The van der Waals surface area contributed by atoms with E-state index < -0.39 is 0 Å². The third-order valence-electron chi connectivity index (χ3n) is 1.66. The van der Waals surface area contributed by atoms with Crippen LogP contribution in [-0.4, -0.2) is 11.5 Å². The maximum absolute atomic E-state index is 10.1. The molecule has 0 heterocycles. The minimum atomic E-state index is 0.226. The number of aliphatic hydroxyl groups is 1. The van der Waals surface area contributed by atoms with Crippen molar-refractivity contribution < 1.29 is 9.90 Å². The monoisotopic (exact) mass is 169 g/mol. The normalized spacial score (nSPS) is 13.8. The van der Waals surface area contributed by atoms with Gasteiger partial charge in [0.25, 0.3) is 0 Å². The lowest BCUT2D eigenvalue weighted by molar-refractivity contribution is -0.108. The third-order valence-corrected chi connectivity index (χ3v) is 1.66. The molecule has 0 spiro atoms. The van der Waals surface area contributed by atoms with Crippen LogP contribution < -0.4 is 5.32 Å². The molecule has 0 aromatic rings. The first-order chi connectivity index (χ1) is 5.67. The predicted molar refractivity (Wildman–Crippen MR) is 48.6 cm³/mol. The van der Waals surface area contributed by atoms with Crippen LogP contribution in [0.4, 0.5) is 0 Å². The lowest BCUT2D eigenvalue weighted by atomic mass is 10.1. The summed E-state index contributed by atoms with van der Waals surface area (Å²) < 4.78 is 0. The molecule has 0 radical (unpaired) electrons. The number of nitrogens with one attached hydrogen (secondary N) is 1. The molecule has 0 saturated carbocycles. The standard InChI is InChI=1S/C9H15NO2/c1-4-8(9(12)5-2)7(3)10-6-11/h5-6,12H,4H2,1-3H3,(H,10,11)/b8-7-,9-5+. The molecule has 0 aliphatic rings. The summed E-state index contributed by atoms with van der Waals surface area (Å²) in [6, 6.07) is 0. The number of rotatable bonds is 4. The fraction of sp³-hybridized carbons (Fsp3) is 0.444. The predicted octanol–water partition coefficient (Wildman–Crippen LogP) is 1.88. The second-order valence-electron chi connectivity index (χ2n) is 2.39. The van der Waals surface area contributed by atoms with E-state index in [0.717, 1.165) is 5.57 Å². The molecule has 0 aliphatic carbocycles. The first-order valence-corrected chi connectivity index (χ1v) is 3.92. The highest BCUT2D eigenvalue weighted by atomic mass is 16.3. The molecule has 0 rings (SSSR count). The fourth-order valence-electron chi connectivity index (χ4n) is 0.988. The molecule has 68 valence electrons. The van der Waals surface area contributed by atoms with Gasteiger partial charge in [0, 0.05) is 11.3 Å². The van der Waals surface area contributed by atoms with Crippen molar-refractivity contribution in [3.05, 3.63) is 23.1 Å². The van der Waals surface area contributed by atoms with Crippen LogP contribution in [0.5, 0.6) is 0 Å². The van der Waals surface area contributed by atoms with Crippen LogP contribution in [0.2, 0.25) is 0 Å². The first kappa shape index (κ1) is 10.8. The van der Waals surface area contributed by atoms with Crippen molar-refractivity contribution in [1.82, 2.24) is 5.32 Å². The summed E-state index contributed by atoms with van der Waals surface area (Å²) in [6.45, 7) is 5.43. The van der Waals surface area contributed by atoms with Crippen molar-refractivity contribution in [3.63, 3.8) is 0 Å². The van der Waals surface area contributed by atoms with Crippen LogP contribution in [0.15, 0.2) is 23.1 Å². The topological polar surface area (TPSA) is 49.3 Å². The van der Waals surface area contributed by atoms with Crippen LogP contribution in [-0.2, 0) is 4.79 Å². The Bertz CT molecular complexity index is 217. The summed E-state index contributed by atoms with van der Waals surface area (Å²) in [4.78, 5) is 10.1. The number of carbonyl (C=O) groups is 1. The Labute approximate surface area is 72.8 Å². The van der Waals surface area contributed by atoms with Crippen molar-refractivity contribution in [3.8, 4) is 0 Å². The van der Waals surface area contributed by atoms with Crippen LogP contribution in [0.25, 0.3) is 0 Å². The summed E-state index contributed by atoms with van der Waals surface area (Å²) in [7, 11) is 0. The molecule has 3 nitrogen and oxygen atoms in total. The van der Waals surface area contributed by atoms with Crippen LogP contribution >= 0.6 is 0 Å². The second-order valence-corrected chi connectivity index (χ2v) is 2.39. The molecule has 12 heavy (non-hydrogen) atoms. The van der Waals surface area contributed by atoms with Gasteiger partial charge >= 0.3 is 0 Å². The summed E-state index contributed by atoms with van der Waals surface area (Å²) in [5.74, 6) is 0.226. The van der Waals surface area contributed by atoms with Crippen LogP contribution in [0, 0.1) is 0 Å². The van der Waals surface area contributed by atoms with Crippen molar-refractivity contribution in [2.24, 2.45) is 0 Å². The second kappa shape index (κ2) is 5.41. The maximum atomic E-state index is 10.1. The molecule has 0 saturated heterocycles. The van der Waals surface area contributed by atoms with Crippen molar-refractivity contribution >= 4 is 6.41 Å². The Morgan fingerprint density at radius 2 is 2.17 bits per heavy atom. The van der Waals surface area contributed by atoms with Gasteiger partial charge in [-0.3, -0.25) is 4.79 Å². The van der Waals surface area contributed by atoms with E-state index in [-0.39, 0.29) is 5.76 Å². The van der Waals surface area contributed by atoms with Gasteiger partial charge in [-0.2, -0.15) is 0 Å². The zero-order chi connectivity index (χ0) is 9.56. The number of hydrogen-bond donors (Lipinski definition) is 2. The van der Waals surface area contributed by atoms with E-state index in [2.05, 4.69) is 5.32 Å². The number of hydrogen-bond acceptors (Lipinski definition) is 2. The van der Waals surface area contributed by atoms with Gasteiger partial charge in [-0.25, -0.2) is 0 Å². The van der Waals surface area contributed by atoms with Gasteiger partial charge < -0.3 is 10.4 Å². The highest BCUT2D eigenvalue weighted by Gasteiger charge is 2.03. The summed E-state index contributed by atoms with van der Waals surface area (Å²) in [5.41, 5.74) is 1.47. The van der Waals surface area contributed by atoms with Gasteiger partial charge in [0.05, 0.1) is 0 Å². The van der Waals surface area contributed by atoms with Crippen LogP contribution in [0.3, 0.4) is 0 Å². The van der Waals surface area contributed by atoms with Gasteiger partial charge in [0.15, 0.2) is 0 Å². The van der Waals surface area contributed by atoms with Crippen molar-refractivity contribution in [2.45, 2.75) is 27.2 Å². The highest BCUT2D eigenvalue weighted by Crippen LogP contribution is 2.13. The van der Waals surface area contributed by atoms with E-state index >= 15 is 0 Å². The van der Waals surface area contributed by atoms with E-state index in [0.29, 0.717) is 18.5 Å². The summed E-state index contributed by atoms with van der Waals surface area (Å²) in [5, 5.41) is 11.9. The lowest BCUT2D eigenvalue weighted by Gasteiger charge is -2.07. The van der Waals surface area contributed by atoms with E-state index in [9.17, 15) is 9.90 Å². The molecule has 0 bridgehead atoms. The molecule has 0 aliphatic heterocycles. The zero-order valence-corrected chi connectivity index (χ0v) is 7.72. The Balaban J connectivity index is 4.72. The maximum Gasteiger partial charge on any atom is 0.211 e. The quantitative estimate of drug-likeness (QED) is 0.383. The zero-order valence-electron chi connectivity index (χ0n) is 7.72. The Morgan fingerprint density at radius 1 is 1.58 bits per heavy atom. The van der Waals surface area contributed by atoms with Gasteiger partial charge in [-0.15, -0.1) is 0 Å². The molecule has 0 atom stereocenters. The van der Waals surface area contributed by atoms with Crippen LogP contribution in [0.1, 0.15) is 27.2 Å². The molecule has 2 N–H and O–H groups in total. The largest absolute Gasteiger partial charge is 0.508 e. The molecular weight excluding hydrogens is 154 g/mol. The van der Waals surface area contributed by atoms with Gasteiger partial charge in [0.1, 0.15) is 5.76 Å². The third kappa shape index (κ3) is 2.78. The highest BCUT2D eigenvalue weighted by molar-refractivity contribution is 5.51. The Hall–Kier alpha value is -1.25. The molecule has 1 amide bonds. The average Bonchev–Trinajstić information content (AvgIpc) is 2.06. The molecule has 0 aromatic heterocycles. The molecule has 0 fully saturated rings. The van der Waals surface area contributed by atoms with Crippen molar-refractivity contribution in [2.75, 3.05) is 0 Å². The number of allylic oxidation sites excluding steroid dienone is 3. The van der Waals surface area contributed by atoms with E-state index in [1.54, 1.807) is 19.9 Å². The SMILES string of the molecule is C/C=C(O)\C(CC)=C(\C)NC=O. The Morgan fingerprint density at radius 3 is 2.50 bits per heavy atom. The average molecular weight is 169 g/mol. The molecule has 3 heteroatoms. The lowest BCUT2D eigenvalue weighted by Crippen LogP contribution is -2.10. The van der Waals surface area contributed by atoms with E-state index in [4.69, 9.17) is 0 Å². The van der Waals surface area contributed by atoms with Gasteiger partial charge in [0.2, 0.25) is 6.41 Å². The summed E-state index contributed by atoms with van der Waals surface area (Å²) in [6.07, 6.45) is 2.91. The summed E-state index contributed by atoms with van der Waals surface area (Å²) >= 11 is 0. The smallest absolute Gasteiger partial charge is 0.211 e.